The molecule has 0 unspecified atom stereocenters. The number of nitrogens with zero attached hydrogens (tertiary/aromatic N) is 2. The number of thioether (sulfide) groups is 1. The molecule has 2 atom stereocenters. The zero-order valence-electron chi connectivity index (χ0n) is 11.8. The molecule has 0 aliphatic carbocycles. The lowest BCUT2D eigenvalue weighted by Crippen LogP contribution is -2.34. The van der Waals surface area contributed by atoms with Crippen LogP contribution in [0, 0.1) is 6.92 Å². The van der Waals surface area contributed by atoms with Gasteiger partial charge in [-0.3, -0.25) is 4.79 Å². The monoisotopic (exact) mass is 323 g/mol. The Morgan fingerprint density at radius 1 is 1.43 bits per heavy atom. The van der Waals surface area contributed by atoms with Gasteiger partial charge in [-0.2, -0.15) is 0 Å². The van der Waals surface area contributed by atoms with Crippen molar-refractivity contribution in [2.75, 3.05) is 6.54 Å². The van der Waals surface area contributed by atoms with E-state index in [0.29, 0.717) is 0 Å². The Morgan fingerprint density at radius 3 is 2.76 bits per heavy atom. The van der Waals surface area contributed by atoms with Gasteiger partial charge in [-0.05, 0) is 19.4 Å². The molecule has 0 bridgehead atoms. The predicted octanol–water partition coefficient (Wildman–Crippen LogP) is 2.18. The second-order valence-corrected chi connectivity index (χ2v) is 7.06. The molecular formula is C14H17N3O2S2. The largest absolute Gasteiger partial charge is 0.387 e. The Morgan fingerprint density at radius 2 is 2.14 bits per heavy atom. The molecule has 7 heteroatoms. The topological polar surface area (TPSA) is 75.1 Å². The van der Waals surface area contributed by atoms with E-state index >= 15 is 0 Å². The number of aromatic nitrogens is 2. The van der Waals surface area contributed by atoms with Crippen molar-refractivity contribution in [3.63, 3.8) is 0 Å². The molecule has 1 aromatic carbocycles. The lowest BCUT2D eigenvalue weighted by atomic mass is 10.1. The van der Waals surface area contributed by atoms with Crippen LogP contribution >= 0.6 is 23.1 Å². The number of hydrogen-bond donors (Lipinski definition) is 2. The van der Waals surface area contributed by atoms with Gasteiger partial charge in [0.1, 0.15) is 5.51 Å². The summed E-state index contributed by atoms with van der Waals surface area (Å²) in [5.41, 5.74) is 3.57. The Kier molecular flexibility index (Phi) is 5.72. The first-order valence-electron chi connectivity index (χ1n) is 6.51. The van der Waals surface area contributed by atoms with E-state index in [4.69, 9.17) is 0 Å². The van der Waals surface area contributed by atoms with Crippen molar-refractivity contribution in [2.24, 2.45) is 0 Å². The lowest BCUT2D eigenvalue weighted by Gasteiger charge is -2.14. The van der Waals surface area contributed by atoms with Crippen molar-refractivity contribution in [2.45, 2.75) is 29.5 Å². The minimum atomic E-state index is -0.701. The fourth-order valence-electron chi connectivity index (χ4n) is 1.67. The van der Waals surface area contributed by atoms with Gasteiger partial charge >= 0.3 is 0 Å². The third-order valence-corrected chi connectivity index (χ3v) is 4.83. The van der Waals surface area contributed by atoms with Crippen molar-refractivity contribution in [1.29, 1.82) is 0 Å². The zero-order valence-corrected chi connectivity index (χ0v) is 13.4. The number of amides is 1. The summed E-state index contributed by atoms with van der Waals surface area (Å²) >= 11 is 2.76. The second-order valence-electron chi connectivity index (χ2n) is 4.64. The van der Waals surface area contributed by atoms with Crippen LogP contribution in [0.1, 0.15) is 24.2 Å². The highest BCUT2D eigenvalue weighted by Gasteiger charge is 2.17. The normalized spacial score (nSPS) is 13.7. The van der Waals surface area contributed by atoms with Gasteiger partial charge in [0.25, 0.3) is 0 Å². The van der Waals surface area contributed by atoms with Crippen LogP contribution in [0.15, 0.2) is 34.1 Å². The van der Waals surface area contributed by atoms with Crippen molar-refractivity contribution >= 4 is 29.0 Å². The molecule has 5 nitrogen and oxygen atoms in total. The minimum Gasteiger partial charge on any atom is -0.387 e. The third-order valence-electron chi connectivity index (χ3n) is 2.92. The molecular weight excluding hydrogens is 306 g/mol. The van der Waals surface area contributed by atoms with E-state index in [2.05, 4.69) is 15.5 Å². The van der Waals surface area contributed by atoms with E-state index in [1.54, 1.807) is 12.4 Å². The van der Waals surface area contributed by atoms with Crippen LogP contribution in [0.5, 0.6) is 0 Å². The van der Waals surface area contributed by atoms with Gasteiger partial charge in [-0.1, -0.05) is 52.9 Å². The van der Waals surface area contributed by atoms with E-state index in [1.165, 1.54) is 23.1 Å². The summed E-state index contributed by atoms with van der Waals surface area (Å²) in [5, 5.41) is 20.2. The Hall–Kier alpha value is -1.44. The highest BCUT2D eigenvalue weighted by Crippen LogP contribution is 2.24. The number of aliphatic hydroxyl groups excluding tert-OH is 1. The van der Waals surface area contributed by atoms with Gasteiger partial charge < -0.3 is 10.4 Å². The minimum absolute atomic E-state index is 0.124. The van der Waals surface area contributed by atoms with Crippen LogP contribution in [0.2, 0.25) is 0 Å². The smallest absolute Gasteiger partial charge is 0.233 e. The Labute approximate surface area is 131 Å². The number of aryl methyl sites for hydroxylation is 1. The average molecular weight is 323 g/mol. The molecule has 0 saturated heterocycles. The molecule has 1 heterocycles. The predicted molar refractivity (Wildman–Crippen MR) is 84.4 cm³/mol. The fourth-order valence-corrected chi connectivity index (χ4v) is 3.32. The van der Waals surface area contributed by atoms with Gasteiger partial charge in [-0.25, -0.2) is 0 Å². The summed E-state index contributed by atoms with van der Waals surface area (Å²) in [5.74, 6) is -0.124. The van der Waals surface area contributed by atoms with Crippen molar-refractivity contribution in [1.82, 2.24) is 15.5 Å². The van der Waals surface area contributed by atoms with Gasteiger partial charge in [0.05, 0.1) is 11.4 Å². The Bertz CT molecular complexity index is 572. The molecule has 0 aliphatic rings. The maximum atomic E-state index is 12.0. The third kappa shape index (κ3) is 4.80. The molecule has 112 valence electrons. The lowest BCUT2D eigenvalue weighted by molar-refractivity contribution is -0.120. The number of benzene rings is 1. The summed E-state index contributed by atoms with van der Waals surface area (Å²) in [6.07, 6.45) is -0.701. The summed E-state index contributed by atoms with van der Waals surface area (Å²) in [6, 6.07) is 7.61. The molecule has 0 spiro atoms. The molecule has 0 aliphatic heterocycles. The van der Waals surface area contributed by atoms with Crippen LogP contribution in [0.25, 0.3) is 0 Å². The van der Waals surface area contributed by atoms with E-state index in [1.807, 2.05) is 31.2 Å². The number of aliphatic hydroxyl groups is 1. The molecule has 2 rings (SSSR count). The number of nitrogens with one attached hydrogen (secondary N) is 1. The van der Waals surface area contributed by atoms with Crippen LogP contribution in [0.3, 0.4) is 0 Å². The molecule has 1 aromatic heterocycles. The first-order valence-corrected chi connectivity index (χ1v) is 8.27. The average Bonchev–Trinajstić information content (AvgIpc) is 2.98. The van der Waals surface area contributed by atoms with Crippen LogP contribution in [-0.2, 0) is 4.79 Å². The van der Waals surface area contributed by atoms with Gasteiger partial charge in [-0.15, -0.1) is 10.2 Å². The number of hydrogen-bond acceptors (Lipinski definition) is 6. The molecule has 0 radical (unpaired) electrons. The van der Waals surface area contributed by atoms with Crippen molar-refractivity contribution < 1.29 is 9.90 Å². The SMILES string of the molecule is Cc1ccc([C@@H](O)CNC(=O)[C@@H](C)Sc2nncs2)cc1. The van der Waals surface area contributed by atoms with Gasteiger partial charge in [0.15, 0.2) is 4.34 Å². The summed E-state index contributed by atoms with van der Waals surface area (Å²) in [4.78, 5) is 12.0. The van der Waals surface area contributed by atoms with E-state index < -0.39 is 6.10 Å². The highest BCUT2D eigenvalue weighted by molar-refractivity contribution is 8.02. The van der Waals surface area contributed by atoms with Gasteiger partial charge in [0, 0.05) is 6.54 Å². The quantitative estimate of drug-likeness (QED) is 0.797. The van der Waals surface area contributed by atoms with Gasteiger partial charge in [0.2, 0.25) is 5.91 Å². The second kappa shape index (κ2) is 7.53. The van der Waals surface area contributed by atoms with Crippen LogP contribution in [-0.4, -0.2) is 33.0 Å². The van der Waals surface area contributed by atoms with E-state index in [9.17, 15) is 9.90 Å². The van der Waals surface area contributed by atoms with Crippen molar-refractivity contribution in [3.05, 3.63) is 40.9 Å². The van der Waals surface area contributed by atoms with E-state index in [-0.39, 0.29) is 17.7 Å². The number of carbonyl (C=O) groups excluding carboxylic acids is 1. The number of carbonyl (C=O) groups is 1. The summed E-state index contributed by atoms with van der Waals surface area (Å²) in [7, 11) is 0. The maximum Gasteiger partial charge on any atom is 0.233 e. The highest BCUT2D eigenvalue weighted by atomic mass is 32.2. The van der Waals surface area contributed by atoms with Crippen LogP contribution < -0.4 is 5.32 Å². The fraction of sp³-hybridized carbons (Fsp3) is 0.357. The molecule has 2 N–H and O–H groups in total. The van der Waals surface area contributed by atoms with Crippen molar-refractivity contribution in [3.8, 4) is 0 Å². The summed E-state index contributed by atoms with van der Waals surface area (Å²) in [6.45, 7) is 3.99. The maximum absolute atomic E-state index is 12.0. The summed E-state index contributed by atoms with van der Waals surface area (Å²) < 4.78 is 0.761. The first kappa shape index (κ1) is 15.9. The molecule has 0 saturated carbocycles. The first-order chi connectivity index (χ1) is 10.1. The zero-order chi connectivity index (χ0) is 15.2. The standard InChI is InChI=1S/C14H17N3O2S2/c1-9-3-5-11(6-4-9)12(18)7-15-13(19)10(2)21-14-17-16-8-20-14/h3-6,8,10,12,18H,7H2,1-2H3,(H,15,19)/t10-,12+/m1/s1. The molecule has 21 heavy (non-hydrogen) atoms. The molecule has 2 aromatic rings. The van der Waals surface area contributed by atoms with E-state index in [0.717, 1.165) is 15.5 Å². The Balaban J connectivity index is 1.81. The number of rotatable bonds is 6. The molecule has 0 fully saturated rings. The van der Waals surface area contributed by atoms with Crippen LogP contribution in [0.4, 0.5) is 0 Å². The molecule has 1 amide bonds.